The van der Waals surface area contributed by atoms with Crippen LogP contribution < -0.4 is 10.6 Å². The first kappa shape index (κ1) is 12.3. The number of anilines is 2. The molecular weight excluding hydrogens is 224 g/mol. The SMILES string of the molecule is CC(=O)N(c1ccccc1)c1cccc(CN)c1. The predicted octanol–water partition coefficient (Wildman–Crippen LogP) is 2.83. The lowest BCUT2D eigenvalue weighted by Crippen LogP contribution is -2.22. The molecule has 92 valence electrons. The molecule has 0 bridgehead atoms. The molecule has 0 saturated carbocycles. The summed E-state index contributed by atoms with van der Waals surface area (Å²) in [5.74, 6) is -0.0182. The van der Waals surface area contributed by atoms with Crippen LogP contribution >= 0.6 is 0 Å². The highest BCUT2D eigenvalue weighted by atomic mass is 16.2. The van der Waals surface area contributed by atoms with Gasteiger partial charge in [0.2, 0.25) is 5.91 Å². The van der Waals surface area contributed by atoms with E-state index in [1.165, 1.54) is 0 Å². The van der Waals surface area contributed by atoms with Crippen LogP contribution in [0.25, 0.3) is 0 Å². The number of para-hydroxylation sites is 1. The molecule has 0 atom stereocenters. The van der Waals surface area contributed by atoms with E-state index in [2.05, 4.69) is 0 Å². The van der Waals surface area contributed by atoms with Gasteiger partial charge in [-0.15, -0.1) is 0 Å². The van der Waals surface area contributed by atoms with Crippen molar-refractivity contribution in [1.82, 2.24) is 0 Å². The van der Waals surface area contributed by atoms with Gasteiger partial charge in [-0.05, 0) is 29.8 Å². The summed E-state index contributed by atoms with van der Waals surface area (Å²) in [7, 11) is 0. The first-order chi connectivity index (χ1) is 8.72. The molecule has 0 heterocycles. The number of hydrogen-bond acceptors (Lipinski definition) is 2. The maximum absolute atomic E-state index is 11.8. The minimum Gasteiger partial charge on any atom is -0.326 e. The molecule has 18 heavy (non-hydrogen) atoms. The Morgan fingerprint density at radius 1 is 1.06 bits per heavy atom. The Hall–Kier alpha value is -2.13. The molecule has 1 amide bonds. The van der Waals surface area contributed by atoms with E-state index < -0.39 is 0 Å². The molecule has 0 aliphatic heterocycles. The van der Waals surface area contributed by atoms with Crippen LogP contribution in [0, 0.1) is 0 Å². The lowest BCUT2D eigenvalue weighted by Gasteiger charge is -2.21. The van der Waals surface area contributed by atoms with Gasteiger partial charge in [-0.2, -0.15) is 0 Å². The summed E-state index contributed by atoms with van der Waals surface area (Å²) in [4.78, 5) is 13.5. The van der Waals surface area contributed by atoms with Crippen LogP contribution in [0.2, 0.25) is 0 Å². The van der Waals surface area contributed by atoms with E-state index in [9.17, 15) is 4.79 Å². The molecule has 0 spiro atoms. The smallest absolute Gasteiger partial charge is 0.228 e. The van der Waals surface area contributed by atoms with Crippen molar-refractivity contribution in [3.05, 3.63) is 60.2 Å². The van der Waals surface area contributed by atoms with Gasteiger partial charge in [-0.1, -0.05) is 30.3 Å². The summed E-state index contributed by atoms with van der Waals surface area (Å²) in [6.07, 6.45) is 0. The van der Waals surface area contributed by atoms with Crippen molar-refractivity contribution >= 4 is 17.3 Å². The van der Waals surface area contributed by atoms with Gasteiger partial charge >= 0.3 is 0 Å². The third kappa shape index (κ3) is 2.57. The van der Waals surface area contributed by atoms with Gasteiger partial charge < -0.3 is 5.73 Å². The Kier molecular flexibility index (Phi) is 3.75. The van der Waals surface area contributed by atoms with Gasteiger partial charge in [-0.25, -0.2) is 0 Å². The van der Waals surface area contributed by atoms with Crippen LogP contribution in [0.4, 0.5) is 11.4 Å². The summed E-state index contributed by atoms with van der Waals surface area (Å²) < 4.78 is 0. The molecule has 2 aromatic rings. The Morgan fingerprint density at radius 3 is 2.33 bits per heavy atom. The Morgan fingerprint density at radius 2 is 1.72 bits per heavy atom. The van der Waals surface area contributed by atoms with Crippen molar-refractivity contribution in [2.75, 3.05) is 4.90 Å². The molecule has 0 aliphatic carbocycles. The van der Waals surface area contributed by atoms with Gasteiger partial charge in [0.15, 0.2) is 0 Å². The van der Waals surface area contributed by atoms with E-state index in [-0.39, 0.29) is 5.91 Å². The van der Waals surface area contributed by atoms with E-state index in [1.807, 2.05) is 54.6 Å². The maximum Gasteiger partial charge on any atom is 0.228 e. The third-order valence-corrected chi connectivity index (χ3v) is 2.73. The summed E-state index contributed by atoms with van der Waals surface area (Å²) in [5, 5.41) is 0. The summed E-state index contributed by atoms with van der Waals surface area (Å²) >= 11 is 0. The first-order valence-electron chi connectivity index (χ1n) is 5.87. The Balaban J connectivity index is 2.45. The lowest BCUT2D eigenvalue weighted by atomic mass is 10.1. The van der Waals surface area contributed by atoms with E-state index in [4.69, 9.17) is 5.73 Å². The van der Waals surface area contributed by atoms with Crippen LogP contribution in [-0.4, -0.2) is 5.91 Å². The molecule has 3 nitrogen and oxygen atoms in total. The normalized spacial score (nSPS) is 10.1. The molecule has 2 rings (SSSR count). The predicted molar refractivity (Wildman–Crippen MR) is 73.6 cm³/mol. The fourth-order valence-corrected chi connectivity index (χ4v) is 1.91. The van der Waals surface area contributed by atoms with Crippen molar-refractivity contribution in [2.45, 2.75) is 13.5 Å². The highest BCUT2D eigenvalue weighted by molar-refractivity contribution is 5.99. The second-order valence-corrected chi connectivity index (χ2v) is 4.06. The summed E-state index contributed by atoms with van der Waals surface area (Å²) in [5.41, 5.74) is 8.34. The molecule has 3 heteroatoms. The second kappa shape index (κ2) is 5.47. The number of carbonyl (C=O) groups excluding carboxylic acids is 1. The van der Waals surface area contributed by atoms with Crippen LogP contribution in [-0.2, 0) is 11.3 Å². The third-order valence-electron chi connectivity index (χ3n) is 2.73. The number of carbonyl (C=O) groups is 1. The van der Waals surface area contributed by atoms with Crippen LogP contribution in [0.3, 0.4) is 0 Å². The Bertz CT molecular complexity index is 537. The first-order valence-corrected chi connectivity index (χ1v) is 5.87. The zero-order valence-electron chi connectivity index (χ0n) is 10.3. The molecule has 2 aromatic carbocycles. The standard InChI is InChI=1S/C15H16N2O/c1-12(18)17(14-7-3-2-4-8-14)15-9-5-6-13(10-15)11-16/h2-10H,11,16H2,1H3. The van der Waals surface area contributed by atoms with Gasteiger partial charge in [0.05, 0.1) is 0 Å². The molecule has 0 aromatic heterocycles. The van der Waals surface area contributed by atoms with E-state index in [0.717, 1.165) is 16.9 Å². The molecular formula is C15H16N2O. The average Bonchev–Trinajstić information content (AvgIpc) is 2.40. The number of amides is 1. The highest BCUT2D eigenvalue weighted by Crippen LogP contribution is 2.25. The van der Waals surface area contributed by atoms with Crippen molar-refractivity contribution in [3.8, 4) is 0 Å². The van der Waals surface area contributed by atoms with Crippen molar-refractivity contribution < 1.29 is 4.79 Å². The lowest BCUT2D eigenvalue weighted by molar-refractivity contribution is -0.115. The zero-order valence-corrected chi connectivity index (χ0v) is 10.3. The van der Waals surface area contributed by atoms with Crippen LogP contribution in [0.15, 0.2) is 54.6 Å². The fraction of sp³-hybridized carbons (Fsp3) is 0.133. The van der Waals surface area contributed by atoms with Gasteiger partial charge in [0.1, 0.15) is 0 Å². The second-order valence-electron chi connectivity index (χ2n) is 4.06. The fourth-order valence-electron chi connectivity index (χ4n) is 1.91. The Labute approximate surface area is 107 Å². The van der Waals surface area contributed by atoms with Crippen LogP contribution in [0.1, 0.15) is 12.5 Å². The maximum atomic E-state index is 11.8. The molecule has 0 unspecified atom stereocenters. The average molecular weight is 240 g/mol. The number of nitrogens with two attached hydrogens (primary N) is 1. The topological polar surface area (TPSA) is 46.3 Å². The number of hydrogen-bond donors (Lipinski definition) is 1. The van der Waals surface area contributed by atoms with Crippen molar-refractivity contribution in [3.63, 3.8) is 0 Å². The summed E-state index contributed by atoms with van der Waals surface area (Å²) in [6, 6.07) is 17.3. The molecule has 0 saturated heterocycles. The summed E-state index contributed by atoms with van der Waals surface area (Å²) in [6.45, 7) is 2.02. The minimum atomic E-state index is -0.0182. The van der Waals surface area contributed by atoms with E-state index in [1.54, 1.807) is 11.8 Å². The largest absolute Gasteiger partial charge is 0.326 e. The van der Waals surface area contributed by atoms with Crippen LogP contribution in [0.5, 0.6) is 0 Å². The minimum absolute atomic E-state index is 0.0182. The number of benzene rings is 2. The van der Waals surface area contributed by atoms with Crippen molar-refractivity contribution in [1.29, 1.82) is 0 Å². The van der Waals surface area contributed by atoms with E-state index in [0.29, 0.717) is 6.54 Å². The van der Waals surface area contributed by atoms with Crippen molar-refractivity contribution in [2.24, 2.45) is 5.73 Å². The molecule has 0 fully saturated rings. The zero-order chi connectivity index (χ0) is 13.0. The molecule has 2 N–H and O–H groups in total. The van der Waals surface area contributed by atoms with Gasteiger partial charge in [0.25, 0.3) is 0 Å². The number of nitrogens with zero attached hydrogens (tertiary/aromatic N) is 1. The quantitative estimate of drug-likeness (QED) is 0.896. The number of rotatable bonds is 3. The monoisotopic (exact) mass is 240 g/mol. The van der Waals surface area contributed by atoms with E-state index >= 15 is 0 Å². The molecule has 0 radical (unpaired) electrons. The van der Waals surface area contributed by atoms with Gasteiger partial charge in [0, 0.05) is 24.8 Å². The molecule has 0 aliphatic rings. The highest BCUT2D eigenvalue weighted by Gasteiger charge is 2.13. The van der Waals surface area contributed by atoms with Gasteiger partial charge in [-0.3, -0.25) is 9.69 Å².